The summed E-state index contributed by atoms with van der Waals surface area (Å²) in [6.45, 7) is 0.372. The second-order valence-corrected chi connectivity index (χ2v) is 1.93. The largest absolute Gasteiger partial charge is 0.275 e. The number of carbonyl (C=O) groups excluding carboxylic acids is 1. The zero-order valence-corrected chi connectivity index (χ0v) is 5.61. The van der Waals surface area contributed by atoms with Crippen LogP contribution in [0.15, 0.2) is 17.4 Å². The molecule has 0 bridgehead atoms. The minimum Gasteiger partial charge on any atom is -0.275 e. The molecule has 0 aromatic carbocycles. The first-order valence-corrected chi connectivity index (χ1v) is 2.84. The Hall–Kier alpha value is -1.41. The van der Waals surface area contributed by atoms with Crippen molar-refractivity contribution in [2.24, 2.45) is 12.0 Å². The molecular formula is C6H7N3O. The van der Waals surface area contributed by atoms with Gasteiger partial charge in [-0.1, -0.05) is 0 Å². The van der Waals surface area contributed by atoms with E-state index in [0.717, 1.165) is 5.56 Å². The van der Waals surface area contributed by atoms with Crippen molar-refractivity contribution in [2.75, 3.05) is 0 Å². The lowest BCUT2D eigenvalue weighted by atomic mass is 10.4. The van der Waals surface area contributed by atoms with E-state index in [9.17, 15) is 4.79 Å². The van der Waals surface area contributed by atoms with E-state index < -0.39 is 0 Å². The van der Waals surface area contributed by atoms with Crippen LogP contribution in [0.25, 0.3) is 0 Å². The summed E-state index contributed by atoms with van der Waals surface area (Å²) < 4.78 is 1.66. The third kappa shape index (κ3) is 1.53. The highest BCUT2D eigenvalue weighted by atomic mass is 16.1. The molecule has 0 aliphatic rings. The average molecular weight is 137 g/mol. The number of aliphatic imine (C=N–C) groups is 1. The van der Waals surface area contributed by atoms with Crippen LogP contribution in [-0.4, -0.2) is 15.9 Å². The first-order chi connectivity index (χ1) is 4.83. The number of aryl methyl sites for hydroxylation is 1. The summed E-state index contributed by atoms with van der Waals surface area (Å²) in [4.78, 5) is 13.1. The molecule has 0 radical (unpaired) electrons. The Balaban J connectivity index is 2.66. The highest BCUT2D eigenvalue weighted by Crippen LogP contribution is 1.96. The molecule has 0 atom stereocenters. The van der Waals surface area contributed by atoms with Crippen LogP contribution in [0.5, 0.6) is 0 Å². The Morgan fingerprint density at radius 3 is 3.20 bits per heavy atom. The van der Waals surface area contributed by atoms with Crippen molar-refractivity contribution in [1.29, 1.82) is 0 Å². The summed E-state index contributed by atoms with van der Waals surface area (Å²) in [7, 11) is 1.81. The Bertz CT molecular complexity index is 260. The van der Waals surface area contributed by atoms with Gasteiger partial charge in [0.15, 0.2) is 0 Å². The molecule has 0 saturated carbocycles. The van der Waals surface area contributed by atoms with E-state index in [-0.39, 0.29) is 0 Å². The molecule has 0 N–H and O–H groups in total. The average Bonchev–Trinajstić information content (AvgIpc) is 2.31. The number of isocyanates is 1. The van der Waals surface area contributed by atoms with Crippen LogP contribution in [0.1, 0.15) is 5.56 Å². The maximum absolute atomic E-state index is 9.67. The van der Waals surface area contributed by atoms with Gasteiger partial charge in [0, 0.05) is 18.8 Å². The first kappa shape index (κ1) is 6.71. The summed E-state index contributed by atoms with van der Waals surface area (Å²) in [5, 5.41) is 3.90. The van der Waals surface area contributed by atoms with Crippen molar-refractivity contribution in [3.63, 3.8) is 0 Å². The van der Waals surface area contributed by atoms with Gasteiger partial charge in [0.05, 0.1) is 12.7 Å². The predicted molar refractivity (Wildman–Crippen MR) is 35.0 cm³/mol. The van der Waals surface area contributed by atoms with Crippen LogP contribution in [-0.2, 0) is 18.4 Å². The van der Waals surface area contributed by atoms with E-state index in [1.807, 2.05) is 7.05 Å². The van der Waals surface area contributed by atoms with Gasteiger partial charge in [-0.15, -0.1) is 0 Å². The third-order valence-electron chi connectivity index (χ3n) is 1.08. The Morgan fingerprint density at radius 2 is 2.70 bits per heavy atom. The van der Waals surface area contributed by atoms with E-state index in [0.29, 0.717) is 6.54 Å². The summed E-state index contributed by atoms with van der Waals surface area (Å²) >= 11 is 0. The van der Waals surface area contributed by atoms with Crippen LogP contribution in [0.2, 0.25) is 0 Å². The van der Waals surface area contributed by atoms with Gasteiger partial charge in [-0.25, -0.2) is 9.79 Å². The molecule has 52 valence electrons. The van der Waals surface area contributed by atoms with Crippen LogP contribution in [0.4, 0.5) is 0 Å². The maximum Gasteiger partial charge on any atom is 0.235 e. The van der Waals surface area contributed by atoms with Gasteiger partial charge >= 0.3 is 0 Å². The monoisotopic (exact) mass is 137 g/mol. The fourth-order valence-electron chi connectivity index (χ4n) is 0.677. The van der Waals surface area contributed by atoms with Crippen molar-refractivity contribution in [3.05, 3.63) is 18.0 Å². The number of nitrogens with zero attached hydrogens (tertiary/aromatic N) is 3. The Labute approximate surface area is 58.2 Å². The van der Waals surface area contributed by atoms with Gasteiger partial charge in [0.1, 0.15) is 0 Å². The maximum atomic E-state index is 9.67. The van der Waals surface area contributed by atoms with E-state index >= 15 is 0 Å². The fraction of sp³-hybridized carbons (Fsp3) is 0.333. The minimum absolute atomic E-state index is 0.372. The standard InChI is InChI=1S/C6H7N3O/c1-9-4-6(3-8-9)2-7-5-10/h3-4H,2H2,1H3. The highest BCUT2D eigenvalue weighted by molar-refractivity contribution is 5.33. The zero-order valence-electron chi connectivity index (χ0n) is 5.61. The van der Waals surface area contributed by atoms with Crippen molar-refractivity contribution < 1.29 is 4.79 Å². The van der Waals surface area contributed by atoms with Crippen LogP contribution < -0.4 is 0 Å². The number of hydrogen-bond acceptors (Lipinski definition) is 3. The van der Waals surface area contributed by atoms with Crippen LogP contribution in [0, 0.1) is 0 Å². The van der Waals surface area contributed by atoms with Crippen molar-refractivity contribution in [2.45, 2.75) is 6.54 Å². The van der Waals surface area contributed by atoms with Crippen molar-refractivity contribution in [3.8, 4) is 0 Å². The molecule has 0 amide bonds. The van der Waals surface area contributed by atoms with Crippen molar-refractivity contribution in [1.82, 2.24) is 9.78 Å². The van der Waals surface area contributed by atoms with Crippen LogP contribution in [0.3, 0.4) is 0 Å². The van der Waals surface area contributed by atoms with Crippen LogP contribution >= 0.6 is 0 Å². The topological polar surface area (TPSA) is 47.2 Å². The summed E-state index contributed by atoms with van der Waals surface area (Å²) in [5.74, 6) is 0. The molecule has 0 spiro atoms. The molecule has 0 fully saturated rings. The number of aromatic nitrogens is 2. The molecular weight excluding hydrogens is 130 g/mol. The van der Waals surface area contributed by atoms with Gasteiger partial charge in [-0.3, -0.25) is 4.68 Å². The van der Waals surface area contributed by atoms with Gasteiger partial charge in [0.25, 0.3) is 0 Å². The highest BCUT2D eigenvalue weighted by Gasteiger charge is 1.91. The van der Waals surface area contributed by atoms with Gasteiger partial charge in [-0.2, -0.15) is 5.10 Å². The van der Waals surface area contributed by atoms with Gasteiger partial charge in [0.2, 0.25) is 6.08 Å². The molecule has 1 aromatic rings. The lowest BCUT2D eigenvalue weighted by molar-refractivity contribution is 0.563. The molecule has 4 heteroatoms. The summed E-state index contributed by atoms with van der Waals surface area (Å²) in [5.41, 5.74) is 0.922. The van der Waals surface area contributed by atoms with Crippen molar-refractivity contribution >= 4 is 6.08 Å². The lowest BCUT2D eigenvalue weighted by Gasteiger charge is -1.82. The summed E-state index contributed by atoms with van der Waals surface area (Å²) in [6, 6.07) is 0. The second kappa shape index (κ2) is 2.94. The fourth-order valence-corrected chi connectivity index (χ4v) is 0.677. The number of rotatable bonds is 2. The minimum atomic E-state index is 0.372. The van der Waals surface area contributed by atoms with E-state index in [2.05, 4.69) is 10.1 Å². The molecule has 0 unspecified atom stereocenters. The number of hydrogen-bond donors (Lipinski definition) is 0. The molecule has 0 saturated heterocycles. The Morgan fingerprint density at radius 1 is 1.90 bits per heavy atom. The molecule has 1 heterocycles. The first-order valence-electron chi connectivity index (χ1n) is 2.84. The second-order valence-electron chi connectivity index (χ2n) is 1.93. The smallest absolute Gasteiger partial charge is 0.235 e. The van der Waals surface area contributed by atoms with E-state index in [1.54, 1.807) is 17.1 Å². The SMILES string of the molecule is Cn1cc(CN=C=O)cn1. The molecule has 0 aliphatic heterocycles. The molecule has 4 nitrogen and oxygen atoms in total. The van der Waals surface area contributed by atoms with E-state index in [1.165, 1.54) is 6.08 Å². The van der Waals surface area contributed by atoms with Gasteiger partial charge in [-0.05, 0) is 0 Å². The lowest BCUT2D eigenvalue weighted by Crippen LogP contribution is -1.84. The van der Waals surface area contributed by atoms with E-state index in [4.69, 9.17) is 0 Å². The summed E-state index contributed by atoms with van der Waals surface area (Å²) in [6.07, 6.45) is 4.94. The molecule has 1 rings (SSSR count). The van der Waals surface area contributed by atoms with Gasteiger partial charge < -0.3 is 0 Å². The normalized spacial score (nSPS) is 8.90. The molecule has 0 aliphatic carbocycles. The molecule has 1 aromatic heterocycles. The quantitative estimate of drug-likeness (QED) is 0.433. The molecule has 10 heavy (non-hydrogen) atoms. The Kier molecular flexibility index (Phi) is 1.97. The predicted octanol–water partition coefficient (Wildman–Crippen LogP) is 0.256. The zero-order chi connectivity index (χ0) is 7.40. The third-order valence-corrected chi connectivity index (χ3v) is 1.08.